The highest BCUT2D eigenvalue weighted by atomic mass is 16.5. The van der Waals surface area contributed by atoms with Crippen LogP contribution in [0.4, 0.5) is 5.69 Å². The Bertz CT molecular complexity index is 1060. The van der Waals surface area contributed by atoms with Gasteiger partial charge in [0.25, 0.3) is 5.91 Å². The highest BCUT2D eigenvalue weighted by molar-refractivity contribution is 5.95. The second-order valence-electron chi connectivity index (χ2n) is 7.62. The molecule has 31 heavy (non-hydrogen) atoms. The Labute approximate surface area is 181 Å². The molecule has 1 aliphatic rings. The molecule has 3 aromatic rings. The van der Waals surface area contributed by atoms with Crippen LogP contribution in [-0.4, -0.2) is 55.8 Å². The van der Waals surface area contributed by atoms with Gasteiger partial charge in [-0.1, -0.05) is 5.16 Å². The van der Waals surface area contributed by atoms with Crippen molar-refractivity contribution in [2.75, 3.05) is 39.8 Å². The van der Waals surface area contributed by atoms with Crippen LogP contribution in [0.25, 0.3) is 11.4 Å². The van der Waals surface area contributed by atoms with Gasteiger partial charge in [0, 0.05) is 37.5 Å². The monoisotopic (exact) mass is 422 g/mol. The third-order valence-electron chi connectivity index (χ3n) is 5.51. The first kappa shape index (κ1) is 20.7. The fourth-order valence-corrected chi connectivity index (χ4v) is 3.80. The number of benzene rings is 2. The number of ether oxygens (including phenoxy) is 2. The van der Waals surface area contributed by atoms with Crippen molar-refractivity contribution in [1.29, 1.82) is 0 Å². The summed E-state index contributed by atoms with van der Waals surface area (Å²) in [6.07, 6.45) is 1.68. The molecule has 1 saturated heterocycles. The molecule has 2 aromatic carbocycles. The lowest BCUT2D eigenvalue weighted by Crippen LogP contribution is -2.30. The van der Waals surface area contributed by atoms with Gasteiger partial charge in [0.2, 0.25) is 11.7 Å². The number of likely N-dealkylation sites (tertiary alicyclic amines) is 1. The summed E-state index contributed by atoms with van der Waals surface area (Å²) in [5.74, 6) is 2.08. The molecule has 2 heterocycles. The quantitative estimate of drug-likeness (QED) is 0.598. The first-order chi connectivity index (χ1) is 15.0. The van der Waals surface area contributed by atoms with Crippen LogP contribution in [0.1, 0.15) is 35.1 Å². The molecule has 1 amide bonds. The molecular weight excluding hydrogens is 396 g/mol. The van der Waals surface area contributed by atoms with Gasteiger partial charge in [0.15, 0.2) is 11.5 Å². The fourth-order valence-electron chi connectivity index (χ4n) is 3.80. The predicted octanol–water partition coefficient (Wildman–Crippen LogP) is 3.80. The number of hydrogen-bond donors (Lipinski definition) is 0. The Morgan fingerprint density at radius 1 is 1.10 bits per heavy atom. The van der Waals surface area contributed by atoms with Crippen molar-refractivity contribution in [2.24, 2.45) is 0 Å². The fraction of sp³-hybridized carbons (Fsp3) is 0.348. The second kappa shape index (κ2) is 8.67. The van der Waals surface area contributed by atoms with E-state index in [0.717, 1.165) is 24.1 Å². The van der Waals surface area contributed by atoms with Crippen molar-refractivity contribution in [3.05, 3.63) is 53.9 Å². The van der Waals surface area contributed by atoms with Crippen LogP contribution < -0.4 is 14.4 Å². The second-order valence-corrected chi connectivity index (χ2v) is 7.62. The van der Waals surface area contributed by atoms with E-state index < -0.39 is 0 Å². The minimum absolute atomic E-state index is 0.0290. The Kier molecular flexibility index (Phi) is 5.79. The van der Waals surface area contributed by atoms with E-state index in [1.807, 2.05) is 54.2 Å². The predicted molar refractivity (Wildman–Crippen MR) is 117 cm³/mol. The molecule has 1 aliphatic heterocycles. The Balaban J connectivity index is 1.56. The number of amides is 1. The van der Waals surface area contributed by atoms with Crippen molar-refractivity contribution >= 4 is 11.6 Å². The maximum absolute atomic E-state index is 13.1. The van der Waals surface area contributed by atoms with Gasteiger partial charge in [-0.3, -0.25) is 4.79 Å². The average Bonchev–Trinajstić information content (AvgIpc) is 3.47. The van der Waals surface area contributed by atoms with Crippen molar-refractivity contribution in [3.63, 3.8) is 0 Å². The molecule has 0 radical (unpaired) electrons. The lowest BCUT2D eigenvalue weighted by molar-refractivity contribution is 0.0710. The molecule has 0 saturated carbocycles. The lowest BCUT2D eigenvalue weighted by Gasteiger charge is -2.22. The van der Waals surface area contributed by atoms with Gasteiger partial charge in [-0.05, 0) is 55.3 Å². The van der Waals surface area contributed by atoms with Gasteiger partial charge < -0.3 is 23.8 Å². The number of nitrogens with zero attached hydrogens (tertiary/aromatic N) is 4. The zero-order valence-electron chi connectivity index (χ0n) is 18.2. The molecule has 1 fully saturated rings. The first-order valence-electron chi connectivity index (χ1n) is 10.2. The summed E-state index contributed by atoms with van der Waals surface area (Å²) in [4.78, 5) is 21.5. The van der Waals surface area contributed by atoms with Crippen LogP contribution >= 0.6 is 0 Å². The van der Waals surface area contributed by atoms with Crippen LogP contribution in [0, 0.1) is 0 Å². The van der Waals surface area contributed by atoms with Gasteiger partial charge in [0.05, 0.1) is 14.2 Å². The normalized spacial score (nSPS) is 15.7. The number of anilines is 1. The first-order valence-corrected chi connectivity index (χ1v) is 10.2. The van der Waals surface area contributed by atoms with E-state index in [9.17, 15) is 4.79 Å². The summed E-state index contributed by atoms with van der Waals surface area (Å²) in [7, 11) is 7.11. The summed E-state index contributed by atoms with van der Waals surface area (Å²) in [5, 5.41) is 4.13. The number of rotatable bonds is 6. The Morgan fingerprint density at radius 3 is 2.52 bits per heavy atom. The summed E-state index contributed by atoms with van der Waals surface area (Å²) >= 11 is 0. The van der Waals surface area contributed by atoms with E-state index in [1.165, 1.54) is 0 Å². The van der Waals surface area contributed by atoms with E-state index in [4.69, 9.17) is 14.0 Å². The van der Waals surface area contributed by atoms with Gasteiger partial charge in [-0.2, -0.15) is 4.98 Å². The van der Waals surface area contributed by atoms with E-state index in [1.54, 1.807) is 26.4 Å². The maximum Gasteiger partial charge on any atom is 0.254 e. The van der Waals surface area contributed by atoms with Gasteiger partial charge in [-0.25, -0.2) is 0 Å². The molecular formula is C23H26N4O4. The van der Waals surface area contributed by atoms with Crippen LogP contribution in [-0.2, 0) is 0 Å². The smallest absolute Gasteiger partial charge is 0.254 e. The van der Waals surface area contributed by atoms with Crippen LogP contribution in [0.2, 0.25) is 0 Å². The minimum Gasteiger partial charge on any atom is -0.493 e. The van der Waals surface area contributed by atoms with Crippen molar-refractivity contribution in [3.8, 4) is 22.9 Å². The molecule has 1 aromatic heterocycles. The van der Waals surface area contributed by atoms with E-state index >= 15 is 0 Å². The number of aromatic nitrogens is 2. The third-order valence-corrected chi connectivity index (χ3v) is 5.51. The van der Waals surface area contributed by atoms with Crippen molar-refractivity contribution < 1.29 is 18.8 Å². The van der Waals surface area contributed by atoms with Crippen molar-refractivity contribution in [2.45, 2.75) is 18.9 Å². The highest BCUT2D eigenvalue weighted by Gasteiger charge is 2.34. The molecule has 0 N–H and O–H groups in total. The largest absolute Gasteiger partial charge is 0.493 e. The number of hydrogen-bond acceptors (Lipinski definition) is 7. The van der Waals surface area contributed by atoms with E-state index in [2.05, 4.69) is 10.1 Å². The molecule has 0 bridgehead atoms. The van der Waals surface area contributed by atoms with E-state index in [-0.39, 0.29) is 11.9 Å². The van der Waals surface area contributed by atoms with Crippen LogP contribution in [0.5, 0.6) is 11.5 Å². The molecule has 0 unspecified atom stereocenters. The van der Waals surface area contributed by atoms with Gasteiger partial charge in [0.1, 0.15) is 6.04 Å². The van der Waals surface area contributed by atoms with Crippen LogP contribution in [0.3, 0.4) is 0 Å². The number of carbonyl (C=O) groups is 1. The SMILES string of the molecule is COc1ccc(-c2noc([C@H]3CCCN3C(=O)c3ccc(N(C)C)cc3)n2)cc1OC. The van der Waals surface area contributed by atoms with Crippen molar-refractivity contribution in [1.82, 2.24) is 15.0 Å². The minimum atomic E-state index is -0.234. The zero-order chi connectivity index (χ0) is 22.0. The van der Waals surface area contributed by atoms with Gasteiger partial charge >= 0.3 is 0 Å². The molecule has 162 valence electrons. The Hall–Kier alpha value is -3.55. The topological polar surface area (TPSA) is 80.9 Å². The van der Waals surface area contributed by atoms with Gasteiger partial charge in [-0.15, -0.1) is 0 Å². The summed E-state index contributed by atoms with van der Waals surface area (Å²) in [5.41, 5.74) is 2.45. The zero-order valence-corrected chi connectivity index (χ0v) is 18.2. The molecule has 0 aliphatic carbocycles. The lowest BCUT2D eigenvalue weighted by atomic mass is 10.1. The molecule has 8 heteroatoms. The highest BCUT2D eigenvalue weighted by Crippen LogP contribution is 2.35. The third kappa shape index (κ3) is 4.05. The molecule has 0 spiro atoms. The molecule has 4 rings (SSSR count). The molecule has 1 atom stereocenters. The van der Waals surface area contributed by atoms with Crippen LogP contribution in [0.15, 0.2) is 47.0 Å². The number of carbonyl (C=O) groups excluding carboxylic acids is 1. The Morgan fingerprint density at radius 2 is 1.84 bits per heavy atom. The summed E-state index contributed by atoms with van der Waals surface area (Å²) < 4.78 is 16.2. The average molecular weight is 422 g/mol. The summed E-state index contributed by atoms with van der Waals surface area (Å²) in [6.45, 7) is 0.660. The summed E-state index contributed by atoms with van der Waals surface area (Å²) in [6, 6.07) is 12.8. The number of methoxy groups -OCH3 is 2. The standard InChI is InChI=1S/C23H26N4O4/c1-26(2)17-10-7-15(8-11-17)23(28)27-13-5-6-18(27)22-24-21(25-31-22)16-9-12-19(29-3)20(14-16)30-4/h7-12,14,18H,5-6,13H2,1-4H3/t18-/m1/s1. The van der Waals surface area contributed by atoms with E-state index in [0.29, 0.717) is 35.3 Å². The maximum atomic E-state index is 13.1. The molecule has 8 nitrogen and oxygen atoms in total.